The zero-order chi connectivity index (χ0) is 15.0. The molecular weight excluding hydrogens is 298 g/mol. The minimum atomic E-state index is 0.398. The molecule has 3 aromatic heterocycles. The highest BCUT2D eigenvalue weighted by atomic mass is 32.1. The molecule has 0 spiro atoms. The molecule has 0 fully saturated rings. The van der Waals surface area contributed by atoms with Gasteiger partial charge in [0.2, 0.25) is 0 Å². The summed E-state index contributed by atoms with van der Waals surface area (Å²) in [6, 6.07) is 4.74. The van der Waals surface area contributed by atoms with E-state index in [2.05, 4.69) is 66.1 Å². The lowest BCUT2D eigenvalue weighted by Gasteiger charge is -2.21. The van der Waals surface area contributed by atoms with E-state index in [1.807, 2.05) is 11.3 Å². The molecule has 112 valence electrons. The van der Waals surface area contributed by atoms with Crippen molar-refractivity contribution in [2.24, 2.45) is 5.92 Å². The first kappa shape index (κ1) is 14.8. The predicted octanol–water partition coefficient (Wildman–Crippen LogP) is 4.56. The second-order valence-electron chi connectivity index (χ2n) is 5.76. The Balaban J connectivity index is 1.83. The Bertz CT molecular complexity index is 722. The molecule has 3 aromatic rings. The van der Waals surface area contributed by atoms with Crippen LogP contribution in [0.3, 0.4) is 0 Å². The van der Waals surface area contributed by atoms with Gasteiger partial charge in [0.25, 0.3) is 0 Å². The van der Waals surface area contributed by atoms with E-state index in [9.17, 15) is 0 Å². The molecular formula is C16H21N3S2. The van der Waals surface area contributed by atoms with Gasteiger partial charge >= 0.3 is 0 Å². The first-order valence-corrected chi connectivity index (χ1v) is 8.96. The van der Waals surface area contributed by atoms with E-state index in [1.165, 1.54) is 15.4 Å². The number of hydrogen-bond acceptors (Lipinski definition) is 4. The summed E-state index contributed by atoms with van der Waals surface area (Å²) in [5.41, 5.74) is 2.40. The van der Waals surface area contributed by atoms with E-state index in [0.717, 1.165) is 17.2 Å². The van der Waals surface area contributed by atoms with Crippen molar-refractivity contribution in [1.82, 2.24) is 14.7 Å². The topological polar surface area (TPSA) is 29.3 Å². The molecule has 3 nitrogen and oxygen atoms in total. The van der Waals surface area contributed by atoms with Gasteiger partial charge < -0.3 is 5.32 Å². The maximum atomic E-state index is 4.66. The second kappa shape index (κ2) is 5.91. The van der Waals surface area contributed by atoms with Gasteiger partial charge in [-0.1, -0.05) is 19.9 Å². The molecule has 3 rings (SSSR count). The van der Waals surface area contributed by atoms with Crippen LogP contribution >= 0.6 is 22.7 Å². The smallest absolute Gasteiger partial charge is 0.194 e. The average molecular weight is 319 g/mol. The lowest BCUT2D eigenvalue weighted by Crippen LogP contribution is -2.25. The maximum Gasteiger partial charge on any atom is 0.194 e. The predicted molar refractivity (Wildman–Crippen MR) is 91.3 cm³/mol. The molecule has 0 radical (unpaired) electrons. The van der Waals surface area contributed by atoms with Crippen LogP contribution in [0.15, 0.2) is 23.7 Å². The van der Waals surface area contributed by atoms with Crippen molar-refractivity contribution in [2.75, 3.05) is 0 Å². The fraction of sp³-hybridized carbons (Fsp3) is 0.438. The second-order valence-corrected chi connectivity index (χ2v) is 7.95. The fourth-order valence-electron chi connectivity index (χ4n) is 2.66. The molecule has 0 amide bonds. The van der Waals surface area contributed by atoms with Crippen LogP contribution in [0.5, 0.6) is 0 Å². The molecule has 1 unspecified atom stereocenters. The van der Waals surface area contributed by atoms with E-state index < -0.39 is 0 Å². The summed E-state index contributed by atoms with van der Waals surface area (Å²) in [4.78, 5) is 8.47. The van der Waals surface area contributed by atoms with Gasteiger partial charge in [-0.05, 0) is 31.2 Å². The van der Waals surface area contributed by atoms with Crippen LogP contribution in [-0.2, 0) is 6.54 Å². The third-order valence-electron chi connectivity index (χ3n) is 3.75. The zero-order valence-electron chi connectivity index (χ0n) is 12.9. The Hall–Kier alpha value is -1.17. The Morgan fingerprint density at radius 1 is 1.33 bits per heavy atom. The van der Waals surface area contributed by atoms with Gasteiger partial charge in [0, 0.05) is 28.5 Å². The maximum absolute atomic E-state index is 4.66. The number of aromatic nitrogens is 2. The number of hydrogen-bond donors (Lipinski definition) is 1. The Kier molecular flexibility index (Phi) is 4.15. The molecule has 0 aliphatic heterocycles. The number of nitrogens with zero attached hydrogens (tertiary/aromatic N) is 2. The normalized spacial score (nSPS) is 13.4. The molecule has 1 N–H and O–H groups in total. The average Bonchev–Trinajstić information content (AvgIpc) is 3.08. The van der Waals surface area contributed by atoms with Gasteiger partial charge in [0.15, 0.2) is 4.96 Å². The highest BCUT2D eigenvalue weighted by Crippen LogP contribution is 2.27. The van der Waals surface area contributed by atoms with Gasteiger partial charge in [-0.2, -0.15) is 0 Å². The molecule has 5 heteroatoms. The summed E-state index contributed by atoms with van der Waals surface area (Å²) in [5, 5.41) is 5.87. The SMILES string of the molecule is Cc1cn2c(CNC(c3cccs3)C(C)C)c(C)nc2s1. The molecule has 0 bridgehead atoms. The molecule has 0 aliphatic rings. The molecule has 21 heavy (non-hydrogen) atoms. The van der Waals surface area contributed by atoms with Gasteiger partial charge in [-0.15, -0.1) is 22.7 Å². The van der Waals surface area contributed by atoms with Crippen LogP contribution in [0, 0.1) is 19.8 Å². The number of thiazole rings is 1. The summed E-state index contributed by atoms with van der Waals surface area (Å²) in [6.07, 6.45) is 2.19. The number of aryl methyl sites for hydroxylation is 2. The lowest BCUT2D eigenvalue weighted by molar-refractivity contribution is 0.413. The van der Waals surface area contributed by atoms with E-state index in [4.69, 9.17) is 0 Å². The summed E-state index contributed by atoms with van der Waals surface area (Å²) in [5.74, 6) is 0.566. The highest BCUT2D eigenvalue weighted by Gasteiger charge is 2.18. The molecule has 0 aromatic carbocycles. The minimum Gasteiger partial charge on any atom is -0.303 e. The summed E-state index contributed by atoms with van der Waals surface area (Å²) in [7, 11) is 0. The van der Waals surface area contributed by atoms with Crippen molar-refractivity contribution in [3.63, 3.8) is 0 Å². The number of rotatable bonds is 5. The van der Waals surface area contributed by atoms with Crippen LogP contribution in [-0.4, -0.2) is 9.38 Å². The third kappa shape index (κ3) is 2.91. The third-order valence-corrected chi connectivity index (χ3v) is 5.60. The Labute approximate surface area is 133 Å². The van der Waals surface area contributed by atoms with Gasteiger partial charge in [0.05, 0.1) is 11.4 Å². The van der Waals surface area contributed by atoms with E-state index in [0.29, 0.717) is 12.0 Å². The van der Waals surface area contributed by atoms with Crippen LogP contribution in [0.2, 0.25) is 0 Å². The number of fused-ring (bicyclic) bond motifs is 1. The Morgan fingerprint density at radius 2 is 2.14 bits per heavy atom. The van der Waals surface area contributed by atoms with Crippen LogP contribution in [0.1, 0.15) is 41.0 Å². The van der Waals surface area contributed by atoms with Gasteiger partial charge in [-0.3, -0.25) is 4.40 Å². The summed E-state index contributed by atoms with van der Waals surface area (Å²) in [6.45, 7) is 9.62. The lowest BCUT2D eigenvalue weighted by atomic mass is 10.0. The van der Waals surface area contributed by atoms with Crippen molar-refractivity contribution >= 4 is 27.6 Å². The monoisotopic (exact) mass is 319 g/mol. The van der Waals surface area contributed by atoms with Crippen LogP contribution in [0.25, 0.3) is 4.96 Å². The summed E-state index contributed by atoms with van der Waals surface area (Å²) >= 11 is 3.58. The zero-order valence-corrected chi connectivity index (χ0v) is 14.5. The fourth-order valence-corrected chi connectivity index (χ4v) is 4.53. The van der Waals surface area contributed by atoms with E-state index in [-0.39, 0.29) is 0 Å². The van der Waals surface area contributed by atoms with Gasteiger partial charge in [0.1, 0.15) is 0 Å². The first-order valence-electron chi connectivity index (χ1n) is 7.27. The molecule has 1 atom stereocenters. The minimum absolute atomic E-state index is 0.398. The van der Waals surface area contributed by atoms with Crippen molar-refractivity contribution in [2.45, 2.75) is 40.3 Å². The quantitative estimate of drug-likeness (QED) is 0.747. The van der Waals surface area contributed by atoms with Crippen molar-refractivity contribution in [1.29, 1.82) is 0 Å². The van der Waals surface area contributed by atoms with Crippen LogP contribution < -0.4 is 5.32 Å². The molecule has 0 aliphatic carbocycles. The van der Waals surface area contributed by atoms with Crippen molar-refractivity contribution in [3.05, 3.63) is 44.9 Å². The number of nitrogens with one attached hydrogen (secondary N) is 1. The largest absolute Gasteiger partial charge is 0.303 e. The highest BCUT2D eigenvalue weighted by molar-refractivity contribution is 7.17. The Morgan fingerprint density at radius 3 is 2.81 bits per heavy atom. The van der Waals surface area contributed by atoms with Crippen molar-refractivity contribution < 1.29 is 0 Å². The first-order chi connectivity index (χ1) is 10.1. The van der Waals surface area contributed by atoms with Crippen molar-refractivity contribution in [3.8, 4) is 0 Å². The number of thiophene rings is 1. The molecule has 0 saturated heterocycles. The van der Waals surface area contributed by atoms with E-state index in [1.54, 1.807) is 11.3 Å². The van der Waals surface area contributed by atoms with Crippen LogP contribution in [0.4, 0.5) is 0 Å². The molecule has 3 heterocycles. The standard InChI is InChI=1S/C16H21N3S2/c1-10(2)15(14-6-5-7-20-14)17-8-13-12(4)18-16-19(13)9-11(3)21-16/h5-7,9-10,15,17H,8H2,1-4H3. The van der Waals surface area contributed by atoms with E-state index >= 15 is 0 Å². The van der Waals surface area contributed by atoms with Gasteiger partial charge in [-0.25, -0.2) is 4.98 Å². The molecule has 0 saturated carbocycles. The summed E-state index contributed by atoms with van der Waals surface area (Å²) < 4.78 is 2.23. The number of imidazole rings is 1.